The van der Waals surface area contributed by atoms with Crippen molar-refractivity contribution < 1.29 is 0 Å². The number of hydrogen-bond donors (Lipinski definition) is 0. The van der Waals surface area contributed by atoms with E-state index in [2.05, 4.69) is 86.7 Å². The lowest BCUT2D eigenvalue weighted by molar-refractivity contribution is 0.482. The molecule has 0 fully saturated rings. The molecular formula is C28H37Br2N. The van der Waals surface area contributed by atoms with Crippen LogP contribution in [0.15, 0.2) is 33.2 Å². The van der Waals surface area contributed by atoms with Crippen LogP contribution in [0.25, 0.3) is 21.8 Å². The average molecular weight is 547 g/mol. The Morgan fingerprint density at radius 2 is 1.13 bits per heavy atom. The molecule has 1 unspecified atom stereocenters. The van der Waals surface area contributed by atoms with E-state index in [4.69, 9.17) is 0 Å². The van der Waals surface area contributed by atoms with Gasteiger partial charge in [-0.15, -0.1) is 0 Å². The summed E-state index contributed by atoms with van der Waals surface area (Å²) >= 11 is 7.19. The molecule has 1 atom stereocenters. The summed E-state index contributed by atoms with van der Waals surface area (Å²) in [6.07, 6.45) is 18.1. The lowest BCUT2D eigenvalue weighted by Crippen LogP contribution is -2.04. The molecule has 0 amide bonds. The minimum absolute atomic E-state index is 0.479. The Hall–Kier alpha value is -0.800. The Bertz CT molecular complexity index is 884. The van der Waals surface area contributed by atoms with E-state index in [0.29, 0.717) is 6.04 Å². The first-order valence-corrected chi connectivity index (χ1v) is 13.9. The predicted octanol–water partition coefficient (Wildman–Crippen LogP) is 10.6. The van der Waals surface area contributed by atoms with Gasteiger partial charge in [-0.05, 0) is 49.7 Å². The largest absolute Gasteiger partial charge is 0.338 e. The molecule has 3 rings (SSSR count). The van der Waals surface area contributed by atoms with E-state index in [9.17, 15) is 0 Å². The van der Waals surface area contributed by atoms with Crippen molar-refractivity contribution >= 4 is 53.7 Å². The first-order valence-electron chi connectivity index (χ1n) is 12.3. The van der Waals surface area contributed by atoms with E-state index in [-0.39, 0.29) is 0 Å². The van der Waals surface area contributed by atoms with Crippen molar-refractivity contribution in [3.05, 3.63) is 45.3 Å². The van der Waals surface area contributed by atoms with Gasteiger partial charge in [0.15, 0.2) is 0 Å². The zero-order valence-corrected chi connectivity index (χ0v) is 22.5. The second kappa shape index (κ2) is 13.0. The molecule has 1 nitrogen and oxygen atoms in total. The van der Waals surface area contributed by atoms with Gasteiger partial charge in [-0.2, -0.15) is 0 Å². The van der Waals surface area contributed by atoms with E-state index in [0.717, 1.165) is 8.95 Å². The van der Waals surface area contributed by atoms with Crippen molar-refractivity contribution in [1.82, 2.24) is 4.57 Å². The number of hydrogen-bond acceptors (Lipinski definition) is 0. The van der Waals surface area contributed by atoms with Gasteiger partial charge in [0.05, 0.1) is 11.0 Å². The highest BCUT2D eigenvalue weighted by Gasteiger charge is 2.15. The van der Waals surface area contributed by atoms with E-state index in [1.165, 1.54) is 105 Å². The van der Waals surface area contributed by atoms with E-state index in [1.807, 2.05) is 0 Å². The van der Waals surface area contributed by atoms with Gasteiger partial charge in [0.1, 0.15) is 0 Å². The van der Waals surface area contributed by atoms with Crippen molar-refractivity contribution in [2.24, 2.45) is 0 Å². The van der Waals surface area contributed by atoms with Crippen molar-refractivity contribution in [3.8, 4) is 0 Å². The molecule has 0 spiro atoms. The van der Waals surface area contributed by atoms with E-state index >= 15 is 0 Å². The fourth-order valence-corrected chi connectivity index (χ4v) is 5.45. The molecule has 168 valence electrons. The van der Waals surface area contributed by atoms with Crippen LogP contribution in [0.4, 0.5) is 0 Å². The number of halogens is 2. The van der Waals surface area contributed by atoms with Crippen LogP contribution in [0.3, 0.4) is 0 Å². The summed E-state index contributed by atoms with van der Waals surface area (Å²) in [5.41, 5.74) is 2.55. The van der Waals surface area contributed by atoms with Gasteiger partial charge in [0, 0.05) is 25.8 Å². The van der Waals surface area contributed by atoms with Crippen molar-refractivity contribution in [2.75, 3.05) is 0 Å². The number of fused-ring (bicyclic) bond motifs is 3. The highest BCUT2D eigenvalue weighted by Crippen LogP contribution is 2.36. The first-order chi connectivity index (χ1) is 15.1. The Balaban J connectivity index is 1.45. The van der Waals surface area contributed by atoms with Crippen LogP contribution in [0, 0.1) is 12.1 Å². The quantitative estimate of drug-likeness (QED) is 0.177. The molecule has 0 aliphatic rings. The highest BCUT2D eigenvalue weighted by atomic mass is 79.9. The summed E-state index contributed by atoms with van der Waals surface area (Å²) in [6, 6.07) is 15.8. The zero-order valence-electron chi connectivity index (χ0n) is 19.3. The van der Waals surface area contributed by atoms with Gasteiger partial charge in [0.25, 0.3) is 0 Å². The molecule has 31 heavy (non-hydrogen) atoms. The molecule has 3 heteroatoms. The fourth-order valence-electron chi connectivity index (χ4n) is 4.76. The molecule has 1 aromatic heterocycles. The molecule has 0 aliphatic heterocycles. The van der Waals surface area contributed by atoms with Gasteiger partial charge < -0.3 is 4.57 Å². The maximum absolute atomic E-state index is 3.59. The standard InChI is InChI=1S/C28H37Br2N/c1-3-4-5-6-7-8-9-10-11-12-13-14-15-22(2)31-27-18-16-23(29)20-25(27)26-21-24(30)17-19-28(26)31/h18-22H,3-15H2,1-2H3. The molecule has 0 saturated heterocycles. The summed E-state index contributed by atoms with van der Waals surface area (Å²) in [5.74, 6) is 0. The number of unbranched alkanes of at least 4 members (excludes halogenated alkanes) is 11. The molecular weight excluding hydrogens is 510 g/mol. The molecule has 1 heterocycles. The van der Waals surface area contributed by atoms with Crippen LogP contribution in [0.5, 0.6) is 0 Å². The molecule has 0 N–H and O–H groups in total. The SMILES string of the molecule is CCCCCCCCCCCCCCC(C)n1c2c[c]c(Br)cc2c2cc(Br)[c]cc21. The Labute approximate surface area is 206 Å². The summed E-state index contributed by atoms with van der Waals surface area (Å²) < 4.78 is 4.52. The highest BCUT2D eigenvalue weighted by molar-refractivity contribution is 9.10. The number of nitrogens with zero attached hydrogens (tertiary/aromatic N) is 1. The fraction of sp³-hybridized carbons (Fsp3) is 0.571. The summed E-state index contributed by atoms with van der Waals surface area (Å²) in [7, 11) is 0. The van der Waals surface area contributed by atoms with Gasteiger partial charge in [-0.3, -0.25) is 0 Å². The van der Waals surface area contributed by atoms with Crippen molar-refractivity contribution in [1.29, 1.82) is 0 Å². The smallest absolute Gasteiger partial charge is 0.0500 e. The predicted molar refractivity (Wildman–Crippen MR) is 143 cm³/mol. The third-order valence-corrected chi connectivity index (χ3v) is 7.43. The molecule has 0 aliphatic carbocycles. The maximum atomic E-state index is 3.59. The number of benzene rings is 2. The first kappa shape index (κ1) is 24.8. The van der Waals surface area contributed by atoms with Crippen LogP contribution in [0.2, 0.25) is 0 Å². The van der Waals surface area contributed by atoms with Crippen molar-refractivity contribution in [2.45, 2.75) is 103 Å². The van der Waals surface area contributed by atoms with Gasteiger partial charge in [0.2, 0.25) is 0 Å². The number of aromatic nitrogens is 1. The third kappa shape index (κ3) is 7.09. The number of rotatable bonds is 14. The van der Waals surface area contributed by atoms with Crippen LogP contribution in [-0.4, -0.2) is 4.57 Å². The van der Waals surface area contributed by atoms with Crippen LogP contribution >= 0.6 is 31.9 Å². The summed E-state index contributed by atoms with van der Waals surface area (Å²) in [6.45, 7) is 4.65. The van der Waals surface area contributed by atoms with E-state index in [1.54, 1.807) is 0 Å². The van der Waals surface area contributed by atoms with Gasteiger partial charge in [-0.1, -0.05) is 116 Å². The average Bonchev–Trinajstić information content (AvgIpc) is 3.07. The molecule has 3 aromatic rings. The van der Waals surface area contributed by atoms with Crippen LogP contribution < -0.4 is 0 Å². The molecule has 0 bridgehead atoms. The Morgan fingerprint density at radius 3 is 1.58 bits per heavy atom. The molecule has 0 saturated carbocycles. The Morgan fingerprint density at radius 1 is 0.710 bits per heavy atom. The lowest BCUT2D eigenvalue weighted by Gasteiger charge is -2.17. The Kier molecular flexibility index (Phi) is 10.4. The minimum atomic E-state index is 0.479. The maximum Gasteiger partial charge on any atom is 0.0500 e. The topological polar surface area (TPSA) is 4.93 Å². The monoisotopic (exact) mass is 545 g/mol. The lowest BCUT2D eigenvalue weighted by atomic mass is 10.0. The van der Waals surface area contributed by atoms with Crippen LogP contribution in [-0.2, 0) is 0 Å². The second-order valence-electron chi connectivity index (χ2n) is 9.06. The summed E-state index contributed by atoms with van der Waals surface area (Å²) in [5, 5.41) is 2.58. The van der Waals surface area contributed by atoms with E-state index < -0.39 is 0 Å². The zero-order chi connectivity index (χ0) is 22.1. The van der Waals surface area contributed by atoms with Gasteiger partial charge >= 0.3 is 0 Å². The van der Waals surface area contributed by atoms with Crippen LogP contribution in [0.1, 0.15) is 103 Å². The van der Waals surface area contributed by atoms with Crippen molar-refractivity contribution in [3.63, 3.8) is 0 Å². The van der Waals surface area contributed by atoms with Gasteiger partial charge in [-0.25, -0.2) is 0 Å². The second-order valence-corrected chi connectivity index (χ2v) is 10.8. The minimum Gasteiger partial charge on any atom is -0.338 e. The molecule has 2 aromatic carbocycles. The molecule has 2 radical (unpaired) electrons. The third-order valence-electron chi connectivity index (χ3n) is 6.51. The normalized spacial score (nSPS) is 12.8. The summed E-state index contributed by atoms with van der Waals surface area (Å²) in [4.78, 5) is 0.